The van der Waals surface area contributed by atoms with Crippen molar-refractivity contribution in [1.29, 1.82) is 0 Å². The molecule has 6 aromatic carbocycles. The van der Waals surface area contributed by atoms with Crippen LogP contribution in [0.3, 0.4) is 0 Å². The number of benzene rings is 6. The Morgan fingerprint density at radius 1 is 0.500 bits per heavy atom. The molecule has 4 heterocycles. The Balaban J connectivity index is 1.34. The number of para-hydroxylation sites is 5. The number of ether oxygens (including phenoxy) is 1. The van der Waals surface area contributed by atoms with E-state index in [9.17, 15) is 0 Å². The monoisotopic (exact) mass is 608 g/mol. The number of thiophene rings is 1. The smallest absolute Gasteiger partial charge is 0.238 e. The molecule has 0 bridgehead atoms. The fourth-order valence-corrected chi connectivity index (χ4v) is 8.24. The van der Waals surface area contributed by atoms with Gasteiger partial charge in [0.05, 0.1) is 32.2 Å². The zero-order chi connectivity index (χ0) is 30.2. The highest BCUT2D eigenvalue weighted by Crippen LogP contribution is 2.47. The number of hydrogen-bond acceptors (Lipinski definition) is 4. The van der Waals surface area contributed by atoms with Crippen molar-refractivity contribution < 1.29 is 4.74 Å². The predicted molar refractivity (Wildman–Crippen MR) is 190 cm³/mol. The van der Waals surface area contributed by atoms with Crippen LogP contribution in [0.2, 0.25) is 0 Å². The third kappa shape index (κ3) is 3.62. The van der Waals surface area contributed by atoms with E-state index in [-0.39, 0.29) is 0 Å². The van der Waals surface area contributed by atoms with E-state index in [1.807, 2.05) is 65.9 Å². The van der Waals surface area contributed by atoms with Gasteiger partial charge >= 0.3 is 0 Å². The number of nitrogens with zero attached hydrogens (tertiary/aromatic N) is 4. The molecule has 0 aliphatic rings. The molecule has 10 aromatic rings. The van der Waals surface area contributed by atoms with Gasteiger partial charge in [0.15, 0.2) is 0 Å². The molecule has 0 atom stereocenters. The maximum absolute atomic E-state index is 6.43. The molecule has 216 valence electrons. The van der Waals surface area contributed by atoms with Gasteiger partial charge < -0.3 is 9.30 Å². The molecule has 0 aliphatic carbocycles. The van der Waals surface area contributed by atoms with E-state index in [0.29, 0.717) is 11.8 Å². The number of hydrogen-bond donors (Lipinski definition) is 0. The van der Waals surface area contributed by atoms with Gasteiger partial charge in [-0.25, -0.2) is 4.98 Å². The molecule has 5 nitrogen and oxygen atoms in total. The van der Waals surface area contributed by atoms with Crippen molar-refractivity contribution in [3.8, 4) is 23.3 Å². The Morgan fingerprint density at radius 2 is 1.13 bits per heavy atom. The lowest BCUT2D eigenvalue weighted by atomic mass is 10.1. The minimum Gasteiger partial charge on any atom is -0.438 e. The Labute approximate surface area is 267 Å². The zero-order valence-corrected chi connectivity index (χ0v) is 25.3. The zero-order valence-electron chi connectivity index (χ0n) is 24.5. The molecule has 46 heavy (non-hydrogen) atoms. The molecular formula is C40H24N4OS. The Kier molecular flexibility index (Phi) is 5.38. The third-order valence-corrected chi connectivity index (χ3v) is 10.0. The van der Waals surface area contributed by atoms with Gasteiger partial charge in [0, 0.05) is 32.6 Å². The molecule has 0 spiro atoms. The fraction of sp³-hybridized carbons (Fsp3) is 0. The van der Waals surface area contributed by atoms with Gasteiger partial charge in [0.25, 0.3) is 0 Å². The van der Waals surface area contributed by atoms with E-state index < -0.39 is 0 Å². The van der Waals surface area contributed by atoms with Gasteiger partial charge in [-0.1, -0.05) is 97.1 Å². The van der Waals surface area contributed by atoms with Gasteiger partial charge in [-0.3, -0.25) is 4.57 Å². The van der Waals surface area contributed by atoms with Crippen LogP contribution in [0.25, 0.3) is 75.6 Å². The minimum absolute atomic E-state index is 0.530. The highest BCUT2D eigenvalue weighted by atomic mass is 32.1. The van der Waals surface area contributed by atoms with Crippen LogP contribution in [0.15, 0.2) is 146 Å². The largest absolute Gasteiger partial charge is 0.438 e. The van der Waals surface area contributed by atoms with Gasteiger partial charge in [0.2, 0.25) is 11.8 Å². The molecule has 0 radical (unpaired) electrons. The van der Waals surface area contributed by atoms with Crippen LogP contribution < -0.4 is 4.74 Å². The van der Waals surface area contributed by atoms with Crippen molar-refractivity contribution >= 4 is 75.3 Å². The van der Waals surface area contributed by atoms with E-state index >= 15 is 0 Å². The van der Waals surface area contributed by atoms with Gasteiger partial charge in [-0.05, 0) is 48.5 Å². The quantitative estimate of drug-likeness (QED) is 0.200. The summed E-state index contributed by atoms with van der Waals surface area (Å²) in [5.41, 5.74) is 5.34. The van der Waals surface area contributed by atoms with Crippen LogP contribution in [-0.2, 0) is 0 Å². The molecule has 0 unspecified atom stereocenters. The number of fused-ring (bicyclic) bond motifs is 10. The van der Waals surface area contributed by atoms with Crippen LogP contribution in [0, 0.1) is 0 Å². The van der Waals surface area contributed by atoms with Gasteiger partial charge in [0.1, 0.15) is 10.6 Å². The molecule has 0 saturated carbocycles. The van der Waals surface area contributed by atoms with Crippen molar-refractivity contribution in [1.82, 2.24) is 19.1 Å². The lowest BCUT2D eigenvalue weighted by molar-refractivity contribution is 0.467. The van der Waals surface area contributed by atoms with E-state index in [1.165, 1.54) is 36.6 Å². The Hall–Kier alpha value is -5.98. The van der Waals surface area contributed by atoms with E-state index in [1.54, 1.807) is 0 Å². The topological polar surface area (TPSA) is 44.9 Å². The summed E-state index contributed by atoms with van der Waals surface area (Å²) in [5, 5.41) is 6.94. The summed E-state index contributed by atoms with van der Waals surface area (Å²) in [6, 6.07) is 50.3. The summed E-state index contributed by atoms with van der Waals surface area (Å²) >= 11 is 1.83. The summed E-state index contributed by atoms with van der Waals surface area (Å²) < 4.78 is 12.2. The highest BCUT2D eigenvalue weighted by Gasteiger charge is 2.23. The normalized spacial score (nSPS) is 11.9. The van der Waals surface area contributed by atoms with Crippen LogP contribution in [0.1, 0.15) is 0 Å². The number of aromatic nitrogens is 4. The average Bonchev–Trinajstić information content (AvgIpc) is 3.76. The van der Waals surface area contributed by atoms with Crippen molar-refractivity contribution in [3.63, 3.8) is 0 Å². The second kappa shape index (κ2) is 9.76. The van der Waals surface area contributed by atoms with Crippen molar-refractivity contribution in [3.05, 3.63) is 146 Å². The maximum atomic E-state index is 6.43. The molecule has 0 saturated heterocycles. The van der Waals surface area contributed by atoms with Crippen LogP contribution in [0.4, 0.5) is 0 Å². The van der Waals surface area contributed by atoms with Crippen molar-refractivity contribution in [2.24, 2.45) is 0 Å². The molecule has 0 amide bonds. The van der Waals surface area contributed by atoms with Gasteiger partial charge in [-0.2, -0.15) is 4.98 Å². The summed E-state index contributed by atoms with van der Waals surface area (Å²) in [6.07, 6.45) is 0. The van der Waals surface area contributed by atoms with Crippen LogP contribution in [0.5, 0.6) is 11.6 Å². The van der Waals surface area contributed by atoms with Gasteiger partial charge in [-0.15, -0.1) is 11.3 Å². The van der Waals surface area contributed by atoms with Crippen molar-refractivity contribution in [2.45, 2.75) is 0 Å². The molecular weight excluding hydrogens is 585 g/mol. The predicted octanol–water partition coefficient (Wildman–Crippen LogP) is 10.8. The minimum atomic E-state index is 0.530. The first-order valence-corrected chi connectivity index (χ1v) is 16.1. The number of rotatable bonds is 4. The standard InChI is InChI=1S/C40H24N4OS/c1-3-13-25(14-4-1)43-34-22-12-9-19-30(34)35-31-24-23-28-27-17-8-11-21-33(27)44(36(28)37(31)46-39(35)43)40-41-32-20-10-7-18-29(32)38(42-40)45-26-15-5-2-6-16-26/h1-24H. The third-order valence-electron chi connectivity index (χ3n) is 8.82. The Morgan fingerprint density at radius 3 is 1.93 bits per heavy atom. The first-order valence-electron chi connectivity index (χ1n) is 15.3. The summed E-state index contributed by atoms with van der Waals surface area (Å²) in [5.74, 6) is 1.84. The molecule has 4 aromatic heterocycles. The first kappa shape index (κ1) is 25.4. The lowest BCUT2D eigenvalue weighted by Crippen LogP contribution is -2.03. The summed E-state index contributed by atoms with van der Waals surface area (Å²) in [6.45, 7) is 0. The summed E-state index contributed by atoms with van der Waals surface area (Å²) in [7, 11) is 0. The molecule has 0 aliphatic heterocycles. The van der Waals surface area contributed by atoms with Crippen LogP contribution >= 0.6 is 11.3 Å². The molecule has 0 fully saturated rings. The molecule has 6 heteroatoms. The lowest BCUT2D eigenvalue weighted by Gasteiger charge is -2.12. The molecule has 0 N–H and O–H groups in total. The van der Waals surface area contributed by atoms with Crippen LogP contribution in [-0.4, -0.2) is 19.1 Å². The van der Waals surface area contributed by atoms with Crippen molar-refractivity contribution in [2.75, 3.05) is 0 Å². The van der Waals surface area contributed by atoms with E-state index in [0.717, 1.165) is 38.8 Å². The SMILES string of the molecule is c1ccc(Oc2nc(-n3c4ccccc4c4ccc5c(sc6c5c5ccccc5n6-c5ccccc5)c43)nc3ccccc23)cc1. The molecule has 10 rings (SSSR count). The average molecular weight is 609 g/mol. The fourth-order valence-electron chi connectivity index (χ4n) is 6.85. The second-order valence-electron chi connectivity index (χ2n) is 11.4. The van der Waals surface area contributed by atoms with E-state index in [2.05, 4.69) is 100 Å². The highest BCUT2D eigenvalue weighted by molar-refractivity contribution is 7.26. The first-order chi connectivity index (χ1) is 22.8. The van der Waals surface area contributed by atoms with E-state index in [4.69, 9.17) is 14.7 Å². The maximum Gasteiger partial charge on any atom is 0.238 e. The Bertz CT molecular complexity index is 2780. The second-order valence-corrected chi connectivity index (χ2v) is 12.4. The summed E-state index contributed by atoms with van der Waals surface area (Å²) in [4.78, 5) is 11.5.